The fraction of sp³-hybridized carbons (Fsp3) is 0.522. The van der Waals surface area contributed by atoms with Crippen molar-refractivity contribution in [2.24, 2.45) is 22.2 Å². The summed E-state index contributed by atoms with van der Waals surface area (Å²) in [6.45, 7) is 42.4. The predicted octanol–water partition coefficient (Wildman–Crippen LogP) is 17.4. The maximum absolute atomic E-state index is 13.5. The number of benzene rings is 2. The van der Waals surface area contributed by atoms with Crippen LogP contribution in [0, 0.1) is 58.0 Å². The molecule has 2 N–H and O–H groups in total. The van der Waals surface area contributed by atoms with Gasteiger partial charge in [-0.25, -0.2) is 17.4 Å². The van der Waals surface area contributed by atoms with Crippen LogP contribution in [0.2, 0.25) is 0 Å². The molecule has 0 saturated carbocycles. The van der Waals surface area contributed by atoms with Crippen LogP contribution >= 0.6 is 24.2 Å². The van der Waals surface area contributed by atoms with Crippen molar-refractivity contribution in [3.63, 3.8) is 0 Å². The molecule has 4 aliphatic rings. The molecule has 2 aromatic carbocycles. The molecule has 0 amide bonds. The highest BCUT2D eigenvalue weighted by atomic mass is 32.2. The molecule has 10 nitrogen and oxygen atoms in total. The largest absolute Gasteiger partial charge is 0.410 e. The van der Waals surface area contributed by atoms with E-state index < -0.39 is 0 Å². The Morgan fingerprint density at radius 3 is 2.18 bits per heavy atom. The molecule has 3 fully saturated rings. The summed E-state index contributed by atoms with van der Waals surface area (Å²) in [7, 11) is 0. The maximum Gasteiger partial charge on any atom is 0.146 e. The lowest BCUT2D eigenvalue weighted by Gasteiger charge is -2.46. The van der Waals surface area contributed by atoms with Gasteiger partial charge in [-0.2, -0.15) is 5.26 Å². The van der Waals surface area contributed by atoms with E-state index in [1.807, 2.05) is 39.0 Å². The smallest absolute Gasteiger partial charge is 0.146 e. The highest BCUT2D eigenvalue weighted by molar-refractivity contribution is 8.01. The molecule has 0 spiro atoms. The van der Waals surface area contributed by atoms with Crippen LogP contribution in [0.25, 0.3) is 0 Å². The van der Waals surface area contributed by atoms with Crippen LogP contribution in [0.4, 0.5) is 20.2 Å². The number of halogens is 2. The third-order valence-corrected chi connectivity index (χ3v) is 16.6. The Hall–Kier alpha value is -5.13. The van der Waals surface area contributed by atoms with Gasteiger partial charge in [0.05, 0.1) is 52.1 Å². The van der Waals surface area contributed by atoms with Gasteiger partial charge in [-0.3, -0.25) is 4.90 Å². The molecule has 2 unspecified atom stereocenters. The van der Waals surface area contributed by atoms with E-state index in [-0.39, 0.29) is 27.9 Å². The van der Waals surface area contributed by atoms with Crippen molar-refractivity contribution in [2.45, 2.75) is 128 Å². The molecular formula is C69H100F2N6O4S2. The summed E-state index contributed by atoms with van der Waals surface area (Å²) < 4.78 is 55.7. The number of anilines is 2. The number of nitriles is 1. The van der Waals surface area contributed by atoms with Gasteiger partial charge in [-0.1, -0.05) is 97.9 Å². The lowest BCUT2D eigenvalue weighted by molar-refractivity contribution is -0.0113. The molecule has 2 atom stereocenters. The zero-order valence-electron chi connectivity index (χ0n) is 52.2. The zero-order chi connectivity index (χ0) is 61.3. The summed E-state index contributed by atoms with van der Waals surface area (Å²) in [4.78, 5) is 3.59. The van der Waals surface area contributed by atoms with E-state index in [9.17, 15) is 8.78 Å². The summed E-state index contributed by atoms with van der Waals surface area (Å²) in [5.41, 5.74) is 9.02. The predicted molar refractivity (Wildman–Crippen MR) is 350 cm³/mol. The van der Waals surface area contributed by atoms with Gasteiger partial charge < -0.3 is 29.0 Å². The normalized spacial score (nSPS) is 20.5. The Kier molecular flexibility index (Phi) is 33.7. The van der Waals surface area contributed by atoms with E-state index in [0.29, 0.717) is 32.2 Å². The summed E-state index contributed by atoms with van der Waals surface area (Å²) in [6, 6.07) is 15.1. The maximum atomic E-state index is 13.5. The van der Waals surface area contributed by atoms with Gasteiger partial charge in [0.1, 0.15) is 29.6 Å². The average Bonchev–Trinajstić information content (AvgIpc) is 3.28. The summed E-state index contributed by atoms with van der Waals surface area (Å²) in [5.74, 6) is 0.898. The van der Waals surface area contributed by atoms with Gasteiger partial charge in [0.15, 0.2) is 0 Å². The third kappa shape index (κ3) is 25.9. The second-order valence-electron chi connectivity index (χ2n) is 22.8. The summed E-state index contributed by atoms with van der Waals surface area (Å²) in [6.07, 6.45) is 32.0. The number of fused-ring (bicyclic) bond motifs is 1. The van der Waals surface area contributed by atoms with E-state index in [1.165, 1.54) is 63.7 Å². The Morgan fingerprint density at radius 1 is 0.916 bits per heavy atom. The van der Waals surface area contributed by atoms with Gasteiger partial charge in [-0.05, 0) is 179 Å². The molecule has 3 heterocycles. The van der Waals surface area contributed by atoms with Crippen LogP contribution in [0.5, 0.6) is 0 Å². The van der Waals surface area contributed by atoms with Gasteiger partial charge in [0, 0.05) is 84.3 Å². The molecule has 1 aliphatic carbocycles. The van der Waals surface area contributed by atoms with Crippen molar-refractivity contribution in [3.8, 4) is 18.9 Å². The SMILES string of the molecule is C#C.C/C=C(\C=C/CC(C)(C)C)OSN1CCC2=CC(Nc3ccc(F)cc3)=C(C)CC2(COCCC#N)C1.C=C/C(=C\C=C(/CC)C(C)C)SN1CCCC(COCCN2CCOCC2)(C/C(C)=C(\C=C)Nc2ccc(F)cc2)C1.CC. The fourth-order valence-corrected chi connectivity index (χ4v) is 12.2. The Labute approximate surface area is 509 Å². The number of nitrogens with one attached hydrogen (secondary N) is 2. The first-order chi connectivity index (χ1) is 39.9. The van der Waals surface area contributed by atoms with E-state index in [4.69, 9.17) is 23.7 Å². The molecule has 0 bridgehead atoms. The van der Waals surface area contributed by atoms with Crippen LogP contribution in [-0.2, 0) is 18.4 Å². The molecular weight excluding hydrogens is 1080 g/mol. The van der Waals surface area contributed by atoms with Gasteiger partial charge in [0.25, 0.3) is 0 Å². The molecule has 3 saturated heterocycles. The zero-order valence-corrected chi connectivity index (χ0v) is 53.9. The van der Waals surface area contributed by atoms with Crippen LogP contribution in [0.15, 0.2) is 155 Å². The number of terminal acetylenes is 1. The van der Waals surface area contributed by atoms with Crippen molar-refractivity contribution < 1.29 is 27.2 Å². The van der Waals surface area contributed by atoms with E-state index in [0.717, 1.165) is 139 Å². The Balaban J connectivity index is 0.000000413. The topological polar surface area (TPSA) is 94.5 Å². The molecule has 3 aliphatic heterocycles. The Bertz CT molecular complexity index is 2570. The van der Waals surface area contributed by atoms with Crippen molar-refractivity contribution in [1.82, 2.24) is 13.5 Å². The van der Waals surface area contributed by atoms with Crippen LogP contribution in [0.1, 0.15) is 128 Å². The second-order valence-corrected chi connectivity index (χ2v) is 24.8. The van der Waals surface area contributed by atoms with E-state index in [1.54, 1.807) is 36.2 Å². The average molecular weight is 1180 g/mol. The highest BCUT2D eigenvalue weighted by Gasteiger charge is 2.43. The Morgan fingerprint density at radius 2 is 1.58 bits per heavy atom. The van der Waals surface area contributed by atoms with Crippen LogP contribution < -0.4 is 10.6 Å². The molecule has 6 rings (SSSR count). The molecule has 0 radical (unpaired) electrons. The van der Waals surface area contributed by atoms with E-state index >= 15 is 0 Å². The van der Waals surface area contributed by atoms with Gasteiger partial charge >= 0.3 is 0 Å². The number of allylic oxidation sites excluding steroid dienone is 11. The third-order valence-electron chi connectivity index (χ3n) is 14.7. The summed E-state index contributed by atoms with van der Waals surface area (Å²) >= 11 is 3.21. The minimum atomic E-state index is -0.246. The van der Waals surface area contributed by atoms with Crippen molar-refractivity contribution in [3.05, 3.63) is 166 Å². The first-order valence-electron chi connectivity index (χ1n) is 29.7. The van der Waals surface area contributed by atoms with E-state index in [2.05, 4.69) is 142 Å². The molecule has 2 aromatic rings. The number of hydrogen-bond acceptors (Lipinski definition) is 12. The number of ether oxygens (including phenoxy) is 3. The van der Waals surface area contributed by atoms with Crippen molar-refractivity contribution in [2.75, 3.05) is 96.1 Å². The molecule has 83 heavy (non-hydrogen) atoms. The number of hydrogen-bond donors (Lipinski definition) is 2. The fourth-order valence-electron chi connectivity index (χ4n) is 10.3. The first-order valence-corrected chi connectivity index (χ1v) is 31.2. The standard InChI is InChI=1S/C35H52FN3O2S.C30H40FN3O2S.C2H6.C2H2/c1-7-30(28(4)5)11-16-33(8-2)42-39-18-10-17-35(26-39,27-41-24-21-38-19-22-40-23-20-38)25-29(6)34(9-3)37-32-14-12-31(36)13-15-32;1-6-27(9-7-15-29(3,4)5)36-37-34-17-14-24-19-28(33-26-12-10-25(31)11-13-26)23(2)20-30(24,21-34)22-35-18-8-16-32;2*1-2/h8-9,11-16,28,37H,2-3,7,10,17-27H2,1,4-6H3;6-7,9-13,19,33H,8,14-15,17-18,20-22H2,1-5H3;1-2H3;1-2H/b30-11+,33-16+,34-29+;9-7-,27-6+;;. The summed E-state index contributed by atoms with van der Waals surface area (Å²) in [5, 5.41) is 15.9. The molecule has 456 valence electrons. The number of rotatable bonds is 27. The molecule has 0 aromatic heterocycles. The van der Waals surface area contributed by atoms with Gasteiger partial charge in [-0.15, -0.1) is 12.8 Å². The number of nitrogens with zero attached hydrogens (tertiary/aromatic N) is 4. The lowest BCUT2D eigenvalue weighted by atomic mass is 9.69. The second kappa shape index (κ2) is 38.7. The quantitative estimate of drug-likeness (QED) is 0.0223. The van der Waals surface area contributed by atoms with Crippen molar-refractivity contribution >= 4 is 35.6 Å². The number of piperidine rings is 2. The van der Waals surface area contributed by atoms with Crippen LogP contribution in [0.3, 0.4) is 0 Å². The lowest BCUT2D eigenvalue weighted by Crippen LogP contribution is -2.46. The number of morpholine rings is 1. The minimum Gasteiger partial charge on any atom is -0.410 e. The van der Waals surface area contributed by atoms with Crippen molar-refractivity contribution in [1.29, 1.82) is 5.26 Å². The monoisotopic (exact) mass is 1180 g/mol. The van der Waals surface area contributed by atoms with Gasteiger partial charge in [0.2, 0.25) is 0 Å². The molecule has 14 heteroatoms. The highest BCUT2D eigenvalue weighted by Crippen LogP contribution is 2.47. The van der Waals surface area contributed by atoms with Crippen LogP contribution in [-0.4, -0.2) is 99.0 Å². The minimum absolute atomic E-state index is 0.0340. The first kappa shape index (κ1) is 72.1.